The van der Waals surface area contributed by atoms with Gasteiger partial charge in [0.25, 0.3) is 0 Å². The molecule has 0 bridgehead atoms. The van der Waals surface area contributed by atoms with Crippen molar-refractivity contribution in [3.8, 4) is 0 Å². The van der Waals surface area contributed by atoms with Gasteiger partial charge < -0.3 is 10.6 Å². The van der Waals surface area contributed by atoms with Crippen molar-refractivity contribution in [2.75, 3.05) is 13.1 Å². The maximum atomic E-state index is 11.5. The lowest BCUT2D eigenvalue weighted by Gasteiger charge is -2.02. The van der Waals surface area contributed by atoms with Gasteiger partial charge in [0.2, 0.25) is 11.8 Å². The number of rotatable bonds is 6. The molecule has 0 heterocycles. The summed E-state index contributed by atoms with van der Waals surface area (Å²) in [7, 11) is 0. The van der Waals surface area contributed by atoms with Crippen molar-refractivity contribution in [3.63, 3.8) is 0 Å². The van der Waals surface area contributed by atoms with Gasteiger partial charge in [0.15, 0.2) is 0 Å². The van der Waals surface area contributed by atoms with Crippen molar-refractivity contribution in [2.24, 2.45) is 0 Å². The fraction of sp³-hybridized carbons (Fsp3) is 0.286. The molecule has 0 aliphatic rings. The Kier molecular flexibility index (Phi) is 6.68. The average Bonchev–Trinajstić information content (AvgIpc) is 2.37. The number of nitrogens with one attached hydrogen (secondary N) is 2. The van der Waals surface area contributed by atoms with Crippen LogP contribution in [0.5, 0.6) is 0 Å². The standard InChI is InChI=1S/C14H17ClN2O2/c1-11(18)16-9-2-10-17-14(19)8-5-12-3-6-13(15)7-4-12/h3-8H,2,9-10H2,1H3,(H,16,18)(H,17,19)/b8-5+. The zero-order valence-electron chi connectivity index (χ0n) is 10.8. The van der Waals surface area contributed by atoms with Crippen LogP contribution in [0.1, 0.15) is 18.9 Å². The van der Waals surface area contributed by atoms with Gasteiger partial charge in [0.1, 0.15) is 0 Å². The fourth-order valence-electron chi connectivity index (χ4n) is 1.37. The van der Waals surface area contributed by atoms with Gasteiger partial charge in [-0.1, -0.05) is 23.7 Å². The van der Waals surface area contributed by atoms with E-state index >= 15 is 0 Å². The molecular formula is C14H17ClN2O2. The molecule has 0 aliphatic carbocycles. The van der Waals surface area contributed by atoms with Crippen LogP contribution in [0.25, 0.3) is 6.08 Å². The monoisotopic (exact) mass is 280 g/mol. The number of amides is 2. The third kappa shape index (κ3) is 7.26. The first kappa shape index (κ1) is 15.2. The third-order valence-electron chi connectivity index (χ3n) is 2.32. The summed E-state index contributed by atoms with van der Waals surface area (Å²) in [5.41, 5.74) is 0.915. The lowest BCUT2D eigenvalue weighted by Crippen LogP contribution is -2.27. The molecule has 0 spiro atoms. The number of benzene rings is 1. The lowest BCUT2D eigenvalue weighted by molar-refractivity contribution is -0.119. The fourth-order valence-corrected chi connectivity index (χ4v) is 1.50. The van der Waals surface area contributed by atoms with Gasteiger partial charge in [-0.05, 0) is 30.2 Å². The Hall–Kier alpha value is -1.81. The molecule has 5 heteroatoms. The van der Waals surface area contributed by atoms with Crippen LogP contribution in [-0.2, 0) is 9.59 Å². The Labute approximate surface area is 117 Å². The van der Waals surface area contributed by atoms with Crippen LogP contribution in [0.2, 0.25) is 5.02 Å². The van der Waals surface area contributed by atoms with Crippen LogP contribution in [0.15, 0.2) is 30.3 Å². The summed E-state index contributed by atoms with van der Waals surface area (Å²) in [6.45, 7) is 2.56. The number of halogens is 1. The highest BCUT2D eigenvalue weighted by Gasteiger charge is 1.95. The minimum Gasteiger partial charge on any atom is -0.356 e. The zero-order chi connectivity index (χ0) is 14.1. The highest BCUT2D eigenvalue weighted by Crippen LogP contribution is 2.10. The van der Waals surface area contributed by atoms with E-state index in [-0.39, 0.29) is 11.8 Å². The van der Waals surface area contributed by atoms with Crippen molar-refractivity contribution >= 4 is 29.5 Å². The molecule has 0 saturated carbocycles. The summed E-state index contributed by atoms with van der Waals surface area (Å²) < 4.78 is 0. The first-order valence-corrected chi connectivity index (χ1v) is 6.41. The van der Waals surface area contributed by atoms with Gasteiger partial charge in [-0.25, -0.2) is 0 Å². The van der Waals surface area contributed by atoms with E-state index in [0.717, 1.165) is 5.56 Å². The van der Waals surface area contributed by atoms with Crippen molar-refractivity contribution in [1.82, 2.24) is 10.6 Å². The predicted octanol–water partition coefficient (Wildman–Crippen LogP) is 2.00. The zero-order valence-corrected chi connectivity index (χ0v) is 11.5. The molecule has 0 aliphatic heterocycles. The third-order valence-corrected chi connectivity index (χ3v) is 2.58. The first-order valence-electron chi connectivity index (χ1n) is 6.04. The number of carbonyl (C=O) groups is 2. The number of carbonyl (C=O) groups excluding carboxylic acids is 2. The average molecular weight is 281 g/mol. The molecule has 0 aromatic heterocycles. The molecule has 0 saturated heterocycles. The minimum atomic E-state index is -0.155. The van der Waals surface area contributed by atoms with E-state index < -0.39 is 0 Å². The van der Waals surface area contributed by atoms with Gasteiger partial charge in [-0.15, -0.1) is 0 Å². The van der Waals surface area contributed by atoms with Crippen molar-refractivity contribution in [3.05, 3.63) is 40.9 Å². The maximum absolute atomic E-state index is 11.5. The smallest absolute Gasteiger partial charge is 0.244 e. The van der Waals surface area contributed by atoms with E-state index in [1.807, 2.05) is 12.1 Å². The summed E-state index contributed by atoms with van der Waals surface area (Å²) in [5, 5.41) is 6.06. The van der Waals surface area contributed by atoms with Gasteiger partial charge in [0.05, 0.1) is 0 Å². The van der Waals surface area contributed by atoms with Crippen molar-refractivity contribution in [1.29, 1.82) is 0 Å². The van der Waals surface area contributed by atoms with Crippen LogP contribution < -0.4 is 10.6 Å². The second-order valence-electron chi connectivity index (χ2n) is 4.01. The van der Waals surface area contributed by atoms with Crippen molar-refractivity contribution < 1.29 is 9.59 Å². The molecule has 102 valence electrons. The normalized spacial score (nSPS) is 10.4. The molecule has 0 fully saturated rings. The minimum absolute atomic E-state index is 0.0611. The summed E-state index contributed by atoms with van der Waals surface area (Å²) in [6.07, 6.45) is 3.90. The summed E-state index contributed by atoms with van der Waals surface area (Å²) in [4.78, 5) is 22.1. The Morgan fingerprint density at radius 3 is 2.42 bits per heavy atom. The van der Waals surface area contributed by atoms with Crippen LogP contribution in [0, 0.1) is 0 Å². The molecule has 1 aromatic carbocycles. The lowest BCUT2D eigenvalue weighted by atomic mass is 10.2. The Morgan fingerprint density at radius 2 is 1.79 bits per heavy atom. The summed E-state index contributed by atoms with van der Waals surface area (Å²) >= 11 is 5.76. The Bertz CT molecular complexity index is 455. The van der Waals surface area contributed by atoms with Gasteiger partial charge in [0, 0.05) is 31.1 Å². The van der Waals surface area contributed by atoms with E-state index in [1.54, 1.807) is 18.2 Å². The van der Waals surface area contributed by atoms with E-state index in [2.05, 4.69) is 10.6 Å². The van der Waals surface area contributed by atoms with Gasteiger partial charge >= 0.3 is 0 Å². The van der Waals surface area contributed by atoms with E-state index in [9.17, 15) is 9.59 Å². The molecule has 4 nitrogen and oxygen atoms in total. The second kappa shape index (κ2) is 8.32. The van der Waals surface area contributed by atoms with Crippen LogP contribution in [0.4, 0.5) is 0 Å². The topological polar surface area (TPSA) is 58.2 Å². The molecule has 1 aromatic rings. The molecule has 1 rings (SSSR count). The molecule has 0 radical (unpaired) electrons. The Morgan fingerprint density at radius 1 is 1.16 bits per heavy atom. The maximum Gasteiger partial charge on any atom is 0.244 e. The van der Waals surface area contributed by atoms with Crippen LogP contribution >= 0.6 is 11.6 Å². The van der Waals surface area contributed by atoms with Gasteiger partial charge in [-0.2, -0.15) is 0 Å². The van der Waals surface area contributed by atoms with E-state index in [0.29, 0.717) is 24.5 Å². The van der Waals surface area contributed by atoms with E-state index in [4.69, 9.17) is 11.6 Å². The second-order valence-corrected chi connectivity index (χ2v) is 4.45. The highest BCUT2D eigenvalue weighted by molar-refractivity contribution is 6.30. The molecule has 2 N–H and O–H groups in total. The predicted molar refractivity (Wildman–Crippen MR) is 76.8 cm³/mol. The molecule has 19 heavy (non-hydrogen) atoms. The summed E-state index contributed by atoms with van der Waals surface area (Å²) in [5.74, 6) is -0.216. The quantitative estimate of drug-likeness (QED) is 0.618. The molecule has 2 amide bonds. The highest BCUT2D eigenvalue weighted by atomic mass is 35.5. The number of hydrogen-bond donors (Lipinski definition) is 2. The largest absolute Gasteiger partial charge is 0.356 e. The summed E-state index contributed by atoms with van der Waals surface area (Å²) in [6, 6.07) is 7.21. The molecular weight excluding hydrogens is 264 g/mol. The Balaban J connectivity index is 2.23. The number of hydrogen-bond acceptors (Lipinski definition) is 2. The SMILES string of the molecule is CC(=O)NCCCNC(=O)/C=C/c1ccc(Cl)cc1. The van der Waals surface area contributed by atoms with E-state index in [1.165, 1.54) is 13.0 Å². The van der Waals surface area contributed by atoms with Crippen LogP contribution in [0.3, 0.4) is 0 Å². The van der Waals surface area contributed by atoms with Crippen molar-refractivity contribution in [2.45, 2.75) is 13.3 Å². The van der Waals surface area contributed by atoms with Gasteiger partial charge in [-0.3, -0.25) is 9.59 Å². The first-order chi connectivity index (χ1) is 9.08. The van der Waals surface area contributed by atoms with Crippen LogP contribution in [-0.4, -0.2) is 24.9 Å². The molecule has 0 atom stereocenters. The molecule has 0 unspecified atom stereocenters.